The van der Waals surface area contributed by atoms with Gasteiger partial charge < -0.3 is 19.6 Å². The summed E-state index contributed by atoms with van der Waals surface area (Å²) in [4.78, 5) is 12.1. The lowest BCUT2D eigenvalue weighted by Crippen LogP contribution is -2.43. The molecule has 5 nitrogen and oxygen atoms in total. The van der Waals surface area contributed by atoms with Gasteiger partial charge in [-0.1, -0.05) is 18.2 Å². The van der Waals surface area contributed by atoms with Crippen LogP contribution >= 0.6 is 0 Å². The fraction of sp³-hybridized carbons (Fsp3) is 0.357. The Morgan fingerprint density at radius 2 is 2.26 bits per heavy atom. The number of carbonyl (C=O) groups is 1. The SMILES string of the molecule is O=C(NC[C@@]1(O)CCOC1)c1coc2ccccc12. The van der Waals surface area contributed by atoms with E-state index in [-0.39, 0.29) is 19.1 Å². The maximum Gasteiger partial charge on any atom is 0.255 e. The van der Waals surface area contributed by atoms with E-state index in [1.165, 1.54) is 6.26 Å². The van der Waals surface area contributed by atoms with Crippen LogP contribution in [0.5, 0.6) is 0 Å². The fourth-order valence-electron chi connectivity index (χ4n) is 2.23. The summed E-state index contributed by atoms with van der Waals surface area (Å²) in [6.45, 7) is 0.978. The number of hydrogen-bond donors (Lipinski definition) is 2. The van der Waals surface area contributed by atoms with Gasteiger partial charge in [-0.2, -0.15) is 0 Å². The molecular formula is C14H15NO4. The number of fused-ring (bicyclic) bond motifs is 1. The molecule has 0 aliphatic carbocycles. The first-order valence-corrected chi connectivity index (χ1v) is 6.23. The molecule has 1 aliphatic rings. The van der Waals surface area contributed by atoms with Crippen molar-refractivity contribution in [3.8, 4) is 0 Å². The quantitative estimate of drug-likeness (QED) is 0.874. The number of hydrogen-bond acceptors (Lipinski definition) is 4. The number of nitrogens with one attached hydrogen (secondary N) is 1. The zero-order valence-electron chi connectivity index (χ0n) is 10.4. The van der Waals surface area contributed by atoms with Crippen LogP contribution in [0.1, 0.15) is 16.8 Å². The molecule has 1 aromatic carbocycles. The molecule has 5 heteroatoms. The summed E-state index contributed by atoms with van der Waals surface area (Å²) in [7, 11) is 0. The van der Waals surface area contributed by atoms with Gasteiger partial charge in [0.1, 0.15) is 17.4 Å². The van der Waals surface area contributed by atoms with E-state index in [9.17, 15) is 9.90 Å². The Hall–Kier alpha value is -1.85. The van der Waals surface area contributed by atoms with Gasteiger partial charge in [0, 0.05) is 25.0 Å². The monoisotopic (exact) mass is 261 g/mol. The molecule has 1 amide bonds. The minimum absolute atomic E-state index is 0.186. The normalized spacial score (nSPS) is 22.8. The van der Waals surface area contributed by atoms with Gasteiger partial charge in [-0.25, -0.2) is 0 Å². The van der Waals surface area contributed by atoms with Crippen LogP contribution in [0, 0.1) is 0 Å². The average molecular weight is 261 g/mol. The second-order valence-corrected chi connectivity index (χ2v) is 4.86. The third-order valence-corrected chi connectivity index (χ3v) is 3.39. The Bertz CT molecular complexity index is 598. The van der Waals surface area contributed by atoms with Crippen molar-refractivity contribution in [2.45, 2.75) is 12.0 Å². The first-order chi connectivity index (χ1) is 9.18. The molecule has 2 heterocycles. The maximum absolute atomic E-state index is 12.1. The Kier molecular flexibility index (Phi) is 3.00. The zero-order valence-corrected chi connectivity index (χ0v) is 10.4. The molecule has 0 saturated carbocycles. The summed E-state index contributed by atoms with van der Waals surface area (Å²) >= 11 is 0. The van der Waals surface area contributed by atoms with Crippen molar-refractivity contribution < 1.29 is 19.1 Å². The number of ether oxygens (including phenoxy) is 1. The van der Waals surface area contributed by atoms with Gasteiger partial charge in [0.25, 0.3) is 5.91 Å². The van der Waals surface area contributed by atoms with Crippen LogP contribution < -0.4 is 5.32 Å². The molecule has 1 fully saturated rings. The molecule has 0 spiro atoms. The van der Waals surface area contributed by atoms with E-state index in [2.05, 4.69) is 5.32 Å². The van der Waals surface area contributed by atoms with Crippen molar-refractivity contribution in [1.82, 2.24) is 5.32 Å². The van der Waals surface area contributed by atoms with Crippen LogP contribution in [0.2, 0.25) is 0 Å². The van der Waals surface area contributed by atoms with Gasteiger partial charge in [0.2, 0.25) is 0 Å². The third kappa shape index (κ3) is 2.34. The van der Waals surface area contributed by atoms with Gasteiger partial charge in [0.05, 0.1) is 12.2 Å². The zero-order chi connectivity index (χ0) is 13.3. The first kappa shape index (κ1) is 12.2. The summed E-state index contributed by atoms with van der Waals surface area (Å²) < 4.78 is 10.5. The summed E-state index contributed by atoms with van der Waals surface area (Å²) in [5.74, 6) is -0.245. The second kappa shape index (κ2) is 4.68. The summed E-state index contributed by atoms with van der Waals surface area (Å²) in [6.07, 6.45) is 1.98. The van der Waals surface area contributed by atoms with Crippen LogP contribution in [-0.4, -0.2) is 36.4 Å². The summed E-state index contributed by atoms with van der Waals surface area (Å²) in [6, 6.07) is 7.35. The highest BCUT2D eigenvalue weighted by Gasteiger charge is 2.32. The van der Waals surface area contributed by atoms with E-state index in [4.69, 9.17) is 9.15 Å². The van der Waals surface area contributed by atoms with Crippen LogP contribution in [-0.2, 0) is 4.74 Å². The van der Waals surface area contributed by atoms with E-state index in [0.717, 1.165) is 5.39 Å². The van der Waals surface area contributed by atoms with Crippen LogP contribution in [0.4, 0.5) is 0 Å². The first-order valence-electron chi connectivity index (χ1n) is 6.23. The van der Waals surface area contributed by atoms with Gasteiger partial charge in [-0.05, 0) is 6.07 Å². The van der Waals surface area contributed by atoms with Crippen molar-refractivity contribution in [3.05, 3.63) is 36.1 Å². The van der Waals surface area contributed by atoms with E-state index in [0.29, 0.717) is 24.2 Å². The average Bonchev–Trinajstić information content (AvgIpc) is 3.03. The van der Waals surface area contributed by atoms with Gasteiger partial charge in [-0.3, -0.25) is 4.79 Å². The fourth-order valence-corrected chi connectivity index (χ4v) is 2.23. The van der Waals surface area contributed by atoms with Crippen LogP contribution in [0.15, 0.2) is 34.9 Å². The van der Waals surface area contributed by atoms with Crippen molar-refractivity contribution in [2.75, 3.05) is 19.8 Å². The lowest BCUT2D eigenvalue weighted by molar-refractivity contribution is 0.0265. The van der Waals surface area contributed by atoms with Crippen molar-refractivity contribution in [3.63, 3.8) is 0 Å². The largest absolute Gasteiger partial charge is 0.463 e. The maximum atomic E-state index is 12.1. The predicted octanol–water partition coefficient (Wildman–Crippen LogP) is 1.31. The van der Waals surface area contributed by atoms with Crippen molar-refractivity contribution in [1.29, 1.82) is 0 Å². The number of amides is 1. The van der Waals surface area contributed by atoms with Gasteiger partial charge >= 0.3 is 0 Å². The highest BCUT2D eigenvalue weighted by Crippen LogP contribution is 2.21. The highest BCUT2D eigenvalue weighted by molar-refractivity contribution is 6.05. The summed E-state index contributed by atoms with van der Waals surface area (Å²) in [5.41, 5.74) is 0.212. The second-order valence-electron chi connectivity index (χ2n) is 4.86. The summed E-state index contributed by atoms with van der Waals surface area (Å²) in [5, 5.41) is 13.6. The smallest absolute Gasteiger partial charge is 0.255 e. The molecule has 1 aromatic heterocycles. The molecule has 1 saturated heterocycles. The molecule has 2 N–H and O–H groups in total. The van der Waals surface area contributed by atoms with Gasteiger partial charge in [-0.15, -0.1) is 0 Å². The minimum Gasteiger partial charge on any atom is -0.463 e. The standard InChI is InChI=1S/C14H15NO4/c16-13(15-8-14(17)5-6-18-9-14)11-7-19-12-4-2-1-3-10(11)12/h1-4,7,17H,5-6,8-9H2,(H,15,16)/t14-/m0/s1. The van der Waals surface area contributed by atoms with Gasteiger partial charge in [0.15, 0.2) is 0 Å². The molecule has 2 aromatic rings. The topological polar surface area (TPSA) is 71.7 Å². The number of rotatable bonds is 3. The molecular weight excluding hydrogens is 246 g/mol. The number of benzene rings is 1. The Balaban J connectivity index is 1.73. The Labute approximate surface area is 110 Å². The van der Waals surface area contributed by atoms with Crippen LogP contribution in [0.25, 0.3) is 11.0 Å². The Morgan fingerprint density at radius 1 is 1.42 bits per heavy atom. The number of aliphatic hydroxyl groups is 1. The van der Waals surface area contributed by atoms with E-state index in [1.807, 2.05) is 24.3 Å². The van der Waals surface area contributed by atoms with E-state index in [1.54, 1.807) is 0 Å². The van der Waals surface area contributed by atoms with Crippen molar-refractivity contribution >= 4 is 16.9 Å². The molecule has 19 heavy (non-hydrogen) atoms. The lowest BCUT2D eigenvalue weighted by atomic mass is 10.0. The lowest BCUT2D eigenvalue weighted by Gasteiger charge is -2.20. The van der Waals surface area contributed by atoms with E-state index < -0.39 is 5.60 Å². The minimum atomic E-state index is -0.949. The number of furan rings is 1. The molecule has 0 bridgehead atoms. The highest BCUT2D eigenvalue weighted by atomic mass is 16.5. The molecule has 0 unspecified atom stereocenters. The molecule has 1 aliphatic heterocycles. The van der Waals surface area contributed by atoms with Crippen molar-refractivity contribution in [2.24, 2.45) is 0 Å². The van der Waals surface area contributed by atoms with E-state index >= 15 is 0 Å². The molecule has 100 valence electrons. The predicted molar refractivity (Wildman–Crippen MR) is 68.9 cm³/mol. The molecule has 1 atom stereocenters. The Morgan fingerprint density at radius 3 is 3.05 bits per heavy atom. The molecule has 0 radical (unpaired) electrons. The van der Waals surface area contributed by atoms with Crippen LogP contribution in [0.3, 0.4) is 0 Å². The third-order valence-electron chi connectivity index (χ3n) is 3.39. The number of para-hydroxylation sites is 1. The molecule has 3 rings (SSSR count). The number of carbonyl (C=O) groups excluding carboxylic acids is 1.